The number of rotatable bonds is 6. The summed E-state index contributed by atoms with van der Waals surface area (Å²) in [6.45, 7) is 9.80. The molecule has 0 spiro atoms. The van der Waals surface area contributed by atoms with Crippen LogP contribution in [0.1, 0.15) is 41.9 Å². The average Bonchev–Trinajstić information content (AvgIpc) is 2.55. The summed E-state index contributed by atoms with van der Waals surface area (Å²) in [5.41, 5.74) is 1.21. The van der Waals surface area contributed by atoms with Gasteiger partial charge in [-0.25, -0.2) is 4.98 Å². The molecule has 4 heteroatoms. The second kappa shape index (κ2) is 6.47. The summed E-state index contributed by atoms with van der Waals surface area (Å²) in [4.78, 5) is 8.16. The Hall–Kier alpha value is -0.450. The molecule has 1 rings (SSSR count). The van der Waals surface area contributed by atoms with Gasteiger partial charge in [0, 0.05) is 17.0 Å². The van der Waals surface area contributed by atoms with Gasteiger partial charge in [-0.2, -0.15) is 0 Å². The van der Waals surface area contributed by atoms with Crippen molar-refractivity contribution in [3.8, 4) is 0 Å². The third-order valence-electron chi connectivity index (χ3n) is 2.89. The molecule has 1 N–H and O–H groups in total. The average molecular weight is 255 g/mol. The number of thiazole rings is 1. The summed E-state index contributed by atoms with van der Waals surface area (Å²) in [5.74, 6) is 0. The van der Waals surface area contributed by atoms with Crippen LogP contribution in [0, 0.1) is 13.8 Å². The molecule has 3 nitrogen and oxygen atoms in total. The van der Waals surface area contributed by atoms with Crippen LogP contribution in [0.5, 0.6) is 0 Å². The van der Waals surface area contributed by atoms with Gasteiger partial charge in [0.15, 0.2) is 0 Å². The van der Waals surface area contributed by atoms with Crippen LogP contribution in [-0.4, -0.2) is 36.6 Å². The van der Waals surface area contributed by atoms with Gasteiger partial charge >= 0.3 is 0 Å². The monoisotopic (exact) mass is 255 g/mol. The van der Waals surface area contributed by atoms with Crippen LogP contribution in [0.25, 0.3) is 0 Å². The number of aromatic nitrogens is 1. The van der Waals surface area contributed by atoms with Gasteiger partial charge in [0.2, 0.25) is 0 Å². The molecule has 0 aromatic carbocycles. The molecule has 2 unspecified atom stereocenters. The molecule has 0 amide bonds. The van der Waals surface area contributed by atoms with Gasteiger partial charge in [-0.1, -0.05) is 0 Å². The molecule has 0 bridgehead atoms. The van der Waals surface area contributed by atoms with Gasteiger partial charge in [-0.3, -0.25) is 0 Å². The Labute approximate surface area is 109 Å². The first-order chi connectivity index (χ1) is 7.90. The largest absolute Gasteiger partial charge is 0.309 e. The van der Waals surface area contributed by atoms with Crippen LogP contribution in [0.15, 0.2) is 0 Å². The second-order valence-electron chi connectivity index (χ2n) is 5.06. The van der Waals surface area contributed by atoms with Crippen molar-refractivity contribution in [3.05, 3.63) is 15.6 Å². The molecule has 0 fully saturated rings. The van der Waals surface area contributed by atoms with Gasteiger partial charge in [0.25, 0.3) is 0 Å². The third-order valence-corrected chi connectivity index (χ3v) is 3.80. The van der Waals surface area contributed by atoms with Gasteiger partial charge in [0.1, 0.15) is 0 Å². The van der Waals surface area contributed by atoms with E-state index in [1.54, 1.807) is 11.3 Å². The molecule has 0 aliphatic heterocycles. The lowest BCUT2D eigenvalue weighted by Gasteiger charge is -2.21. The van der Waals surface area contributed by atoms with Crippen molar-refractivity contribution < 1.29 is 0 Å². The quantitative estimate of drug-likeness (QED) is 0.847. The number of hydrogen-bond donors (Lipinski definition) is 1. The van der Waals surface area contributed by atoms with Gasteiger partial charge in [-0.05, 0) is 54.8 Å². The summed E-state index contributed by atoms with van der Waals surface area (Å²) in [7, 11) is 4.23. The van der Waals surface area contributed by atoms with E-state index in [4.69, 9.17) is 0 Å². The minimum absolute atomic E-state index is 0.345. The van der Waals surface area contributed by atoms with E-state index in [0.29, 0.717) is 12.1 Å². The van der Waals surface area contributed by atoms with Crippen molar-refractivity contribution in [2.24, 2.45) is 0 Å². The van der Waals surface area contributed by atoms with Crippen molar-refractivity contribution in [2.75, 3.05) is 20.6 Å². The van der Waals surface area contributed by atoms with E-state index >= 15 is 0 Å². The molecule has 1 aromatic rings. The highest BCUT2D eigenvalue weighted by atomic mass is 32.1. The van der Waals surface area contributed by atoms with Crippen LogP contribution in [0.3, 0.4) is 0 Å². The maximum atomic E-state index is 4.60. The first kappa shape index (κ1) is 14.6. The third kappa shape index (κ3) is 4.74. The summed E-state index contributed by atoms with van der Waals surface area (Å²) in [6.07, 6.45) is 1.17. The lowest BCUT2D eigenvalue weighted by atomic mass is 10.1. The van der Waals surface area contributed by atoms with Crippen LogP contribution in [0.2, 0.25) is 0 Å². The van der Waals surface area contributed by atoms with Gasteiger partial charge in [0.05, 0.1) is 10.7 Å². The van der Waals surface area contributed by atoms with Crippen LogP contribution >= 0.6 is 11.3 Å². The molecule has 0 saturated carbocycles. The molecular weight excluding hydrogens is 230 g/mol. The van der Waals surface area contributed by atoms with Crippen molar-refractivity contribution in [3.63, 3.8) is 0 Å². The second-order valence-corrected chi connectivity index (χ2v) is 6.46. The van der Waals surface area contributed by atoms with E-state index in [1.165, 1.54) is 17.0 Å². The van der Waals surface area contributed by atoms with E-state index in [9.17, 15) is 0 Å². The first-order valence-electron chi connectivity index (χ1n) is 6.25. The minimum Gasteiger partial charge on any atom is -0.309 e. The highest BCUT2D eigenvalue weighted by Gasteiger charge is 2.15. The van der Waals surface area contributed by atoms with E-state index in [-0.39, 0.29) is 0 Å². The predicted octanol–water partition coefficient (Wildman–Crippen LogP) is 2.75. The van der Waals surface area contributed by atoms with Crippen molar-refractivity contribution in [1.82, 2.24) is 15.2 Å². The van der Waals surface area contributed by atoms with Gasteiger partial charge < -0.3 is 10.2 Å². The van der Waals surface area contributed by atoms with Crippen LogP contribution in [0.4, 0.5) is 0 Å². The number of nitrogens with one attached hydrogen (secondary N) is 1. The smallest absolute Gasteiger partial charge is 0.0900 e. The number of nitrogens with zero attached hydrogens (tertiary/aromatic N) is 2. The van der Waals surface area contributed by atoms with Crippen LogP contribution in [-0.2, 0) is 0 Å². The highest BCUT2D eigenvalue weighted by Crippen LogP contribution is 2.22. The Morgan fingerprint density at radius 1 is 1.29 bits per heavy atom. The maximum absolute atomic E-state index is 4.60. The molecule has 1 heterocycles. The standard InChI is InChI=1S/C13H25N3S/c1-9(7-8-16(5)6)14-10(2)13-11(3)17-12(4)15-13/h9-10,14H,7-8H2,1-6H3. The van der Waals surface area contributed by atoms with Crippen molar-refractivity contribution in [1.29, 1.82) is 0 Å². The summed E-state index contributed by atoms with van der Waals surface area (Å²) in [6, 6.07) is 0.867. The Kier molecular flexibility index (Phi) is 5.56. The van der Waals surface area contributed by atoms with E-state index < -0.39 is 0 Å². The number of aryl methyl sites for hydroxylation is 2. The molecule has 98 valence electrons. The van der Waals surface area contributed by atoms with E-state index in [1.807, 2.05) is 0 Å². The molecule has 1 aromatic heterocycles. The molecule has 0 radical (unpaired) electrons. The van der Waals surface area contributed by atoms with Gasteiger partial charge in [-0.15, -0.1) is 11.3 Å². The van der Waals surface area contributed by atoms with E-state index in [2.05, 4.69) is 57.0 Å². The Balaban J connectivity index is 2.48. The van der Waals surface area contributed by atoms with Crippen molar-refractivity contribution in [2.45, 2.75) is 46.2 Å². The molecular formula is C13H25N3S. The van der Waals surface area contributed by atoms with E-state index in [0.717, 1.165) is 11.6 Å². The van der Waals surface area contributed by atoms with Crippen LogP contribution < -0.4 is 5.32 Å². The first-order valence-corrected chi connectivity index (χ1v) is 7.06. The lowest BCUT2D eigenvalue weighted by molar-refractivity contribution is 0.353. The molecule has 0 aliphatic rings. The SMILES string of the molecule is Cc1nc(C(C)NC(C)CCN(C)C)c(C)s1. The molecule has 0 aliphatic carbocycles. The topological polar surface area (TPSA) is 28.2 Å². The zero-order valence-electron chi connectivity index (χ0n) is 11.9. The predicted molar refractivity (Wildman–Crippen MR) is 75.8 cm³/mol. The molecule has 0 saturated heterocycles. The van der Waals surface area contributed by atoms with Crippen molar-refractivity contribution >= 4 is 11.3 Å². The zero-order chi connectivity index (χ0) is 13.0. The highest BCUT2D eigenvalue weighted by molar-refractivity contribution is 7.11. The Morgan fingerprint density at radius 2 is 1.94 bits per heavy atom. The summed E-state index contributed by atoms with van der Waals surface area (Å²) < 4.78 is 0. The molecule has 2 atom stereocenters. The zero-order valence-corrected chi connectivity index (χ0v) is 12.7. The minimum atomic E-state index is 0.345. The fourth-order valence-corrected chi connectivity index (χ4v) is 2.90. The summed E-state index contributed by atoms with van der Waals surface area (Å²) >= 11 is 1.78. The lowest BCUT2D eigenvalue weighted by Crippen LogP contribution is -2.32. The maximum Gasteiger partial charge on any atom is 0.0900 e. The fourth-order valence-electron chi connectivity index (χ4n) is 1.99. The summed E-state index contributed by atoms with van der Waals surface area (Å²) in [5, 5.41) is 4.78. The Bertz CT molecular complexity index is 346. The normalized spacial score (nSPS) is 15.2. The fraction of sp³-hybridized carbons (Fsp3) is 0.769. The molecule has 17 heavy (non-hydrogen) atoms. The number of hydrogen-bond acceptors (Lipinski definition) is 4. The Morgan fingerprint density at radius 3 is 2.41 bits per heavy atom.